The Labute approximate surface area is 158 Å². The molecule has 2 heterocycles. The average molecular weight is 386 g/mol. The first-order valence-electron chi connectivity index (χ1n) is 8.91. The molecule has 144 valence electrons. The lowest BCUT2D eigenvalue weighted by molar-refractivity contribution is -0.286. The van der Waals surface area contributed by atoms with E-state index in [2.05, 4.69) is 4.74 Å². The molecule has 3 aromatic rings. The molecular formula is C20H16F2N2O4. The van der Waals surface area contributed by atoms with Gasteiger partial charge in [0.15, 0.2) is 11.5 Å². The molecule has 28 heavy (non-hydrogen) atoms. The molecule has 2 aromatic carbocycles. The molecule has 0 radical (unpaired) electrons. The molecule has 0 amide bonds. The predicted molar refractivity (Wildman–Crippen MR) is 94.8 cm³/mol. The summed E-state index contributed by atoms with van der Waals surface area (Å²) in [7, 11) is 1.33. The Bertz CT molecular complexity index is 1110. The van der Waals surface area contributed by atoms with Crippen molar-refractivity contribution < 1.29 is 27.8 Å². The maximum atomic E-state index is 13.5. The van der Waals surface area contributed by atoms with E-state index >= 15 is 0 Å². The molecule has 8 heteroatoms. The minimum Gasteiger partial charge on any atom is -0.465 e. The van der Waals surface area contributed by atoms with Crippen LogP contribution in [0, 0.1) is 0 Å². The molecule has 0 unspecified atom stereocenters. The maximum Gasteiger partial charge on any atom is 0.586 e. The Balaban J connectivity index is 1.59. The topological polar surface area (TPSA) is 62.6 Å². The fourth-order valence-electron chi connectivity index (χ4n) is 3.53. The van der Waals surface area contributed by atoms with E-state index in [0.717, 1.165) is 24.2 Å². The van der Waals surface area contributed by atoms with Crippen LogP contribution in [-0.2, 0) is 11.3 Å². The lowest BCUT2D eigenvalue weighted by atomic mass is 10.1. The Morgan fingerprint density at radius 2 is 2.11 bits per heavy atom. The molecule has 0 bridgehead atoms. The second kappa shape index (κ2) is 5.92. The summed E-state index contributed by atoms with van der Waals surface area (Å²) in [6.45, 7) is 0.308. The van der Waals surface area contributed by atoms with Crippen molar-refractivity contribution in [1.29, 1.82) is 0 Å². The van der Waals surface area contributed by atoms with Gasteiger partial charge in [0.25, 0.3) is 0 Å². The quantitative estimate of drug-likeness (QED) is 0.633. The Morgan fingerprint density at radius 1 is 1.29 bits per heavy atom. The standard InChI is InChI=1S/C20H16F2N2O4/c1-26-19(25)12-7-8-15-14(9-12)23-18(11-5-6-11)24(15)10-13-3-2-4-16-17(13)28-20(21,22)27-16/h2-4,7-9,11H,5-6,10H2,1H3. The molecule has 1 aromatic heterocycles. The zero-order chi connectivity index (χ0) is 19.5. The molecule has 1 saturated carbocycles. The largest absolute Gasteiger partial charge is 0.586 e. The number of benzene rings is 2. The minimum absolute atomic E-state index is 0.0212. The first-order chi connectivity index (χ1) is 13.4. The van der Waals surface area contributed by atoms with Gasteiger partial charge in [-0.2, -0.15) is 0 Å². The first kappa shape index (κ1) is 17.0. The molecule has 0 N–H and O–H groups in total. The summed E-state index contributed by atoms with van der Waals surface area (Å²) in [6, 6.07) is 10.0. The molecular weight excluding hydrogens is 370 g/mol. The van der Waals surface area contributed by atoms with Gasteiger partial charge in [0.05, 0.1) is 30.3 Å². The van der Waals surface area contributed by atoms with E-state index in [4.69, 9.17) is 14.5 Å². The smallest absolute Gasteiger partial charge is 0.465 e. The highest BCUT2D eigenvalue weighted by Crippen LogP contribution is 2.45. The SMILES string of the molecule is COC(=O)c1ccc2c(c1)nc(C1CC1)n2Cc1cccc2c1OC(F)(F)O2. The van der Waals surface area contributed by atoms with Crippen LogP contribution in [-0.4, -0.2) is 28.9 Å². The van der Waals surface area contributed by atoms with Gasteiger partial charge < -0.3 is 18.8 Å². The number of halogens is 2. The molecule has 2 aliphatic rings. The number of imidazole rings is 1. The average Bonchev–Trinajstić information content (AvgIpc) is 3.38. The lowest BCUT2D eigenvalue weighted by Gasteiger charge is -2.11. The molecule has 0 saturated heterocycles. The van der Waals surface area contributed by atoms with Crippen molar-refractivity contribution in [3.05, 3.63) is 53.3 Å². The van der Waals surface area contributed by atoms with Crippen LogP contribution in [0.5, 0.6) is 11.5 Å². The lowest BCUT2D eigenvalue weighted by Crippen LogP contribution is -2.26. The summed E-state index contributed by atoms with van der Waals surface area (Å²) >= 11 is 0. The van der Waals surface area contributed by atoms with Gasteiger partial charge in [0, 0.05) is 11.5 Å². The summed E-state index contributed by atoms with van der Waals surface area (Å²) in [5.74, 6) is 0.831. The highest BCUT2D eigenvalue weighted by Gasteiger charge is 2.44. The van der Waals surface area contributed by atoms with Gasteiger partial charge >= 0.3 is 12.3 Å². The van der Waals surface area contributed by atoms with Crippen molar-refractivity contribution in [1.82, 2.24) is 9.55 Å². The maximum absolute atomic E-state index is 13.5. The molecule has 0 spiro atoms. The van der Waals surface area contributed by atoms with Gasteiger partial charge in [-0.25, -0.2) is 9.78 Å². The van der Waals surface area contributed by atoms with Crippen molar-refractivity contribution in [2.24, 2.45) is 0 Å². The van der Waals surface area contributed by atoms with Crippen LogP contribution in [0.1, 0.15) is 40.5 Å². The van der Waals surface area contributed by atoms with Crippen LogP contribution >= 0.6 is 0 Å². The predicted octanol–water partition coefficient (Wildman–Crippen LogP) is 4.07. The fraction of sp³-hybridized carbons (Fsp3) is 0.300. The molecule has 1 aliphatic heterocycles. The third kappa shape index (κ3) is 2.76. The van der Waals surface area contributed by atoms with Crippen molar-refractivity contribution in [2.45, 2.75) is 31.6 Å². The van der Waals surface area contributed by atoms with Gasteiger partial charge in [-0.3, -0.25) is 0 Å². The van der Waals surface area contributed by atoms with Crippen LogP contribution in [0.4, 0.5) is 8.78 Å². The summed E-state index contributed by atoms with van der Waals surface area (Å²) in [6.07, 6.45) is -1.61. The second-order valence-electron chi connectivity index (χ2n) is 6.94. The number of esters is 1. The van der Waals surface area contributed by atoms with E-state index in [1.165, 1.54) is 13.2 Å². The Morgan fingerprint density at radius 3 is 2.86 bits per heavy atom. The van der Waals surface area contributed by atoms with Crippen LogP contribution in [0.3, 0.4) is 0 Å². The van der Waals surface area contributed by atoms with Crippen LogP contribution in [0.2, 0.25) is 0 Å². The number of aromatic nitrogens is 2. The van der Waals surface area contributed by atoms with Crippen LogP contribution < -0.4 is 9.47 Å². The highest BCUT2D eigenvalue weighted by atomic mass is 19.3. The number of alkyl halides is 2. The van der Waals surface area contributed by atoms with Gasteiger partial charge in [0.2, 0.25) is 0 Å². The van der Waals surface area contributed by atoms with Gasteiger partial charge in [0.1, 0.15) is 5.82 Å². The van der Waals surface area contributed by atoms with Gasteiger partial charge in [-0.15, -0.1) is 8.78 Å². The van der Waals surface area contributed by atoms with Crippen molar-refractivity contribution in [3.63, 3.8) is 0 Å². The van der Waals surface area contributed by atoms with Crippen molar-refractivity contribution in [3.8, 4) is 11.5 Å². The molecule has 1 fully saturated rings. The molecule has 0 atom stereocenters. The van der Waals surface area contributed by atoms with Crippen molar-refractivity contribution >= 4 is 17.0 Å². The number of carbonyl (C=O) groups is 1. The fourth-order valence-corrected chi connectivity index (χ4v) is 3.53. The summed E-state index contributed by atoms with van der Waals surface area (Å²) < 4.78 is 43.1. The molecule has 1 aliphatic carbocycles. The van der Waals surface area contributed by atoms with Gasteiger partial charge in [-0.1, -0.05) is 12.1 Å². The summed E-state index contributed by atoms with van der Waals surface area (Å²) in [5, 5.41) is 0. The first-order valence-corrected chi connectivity index (χ1v) is 8.91. The zero-order valence-corrected chi connectivity index (χ0v) is 14.9. The number of hydrogen-bond acceptors (Lipinski definition) is 5. The van der Waals surface area contributed by atoms with E-state index in [0.29, 0.717) is 29.1 Å². The van der Waals surface area contributed by atoms with E-state index < -0.39 is 12.3 Å². The van der Waals surface area contributed by atoms with Crippen LogP contribution in [0.25, 0.3) is 11.0 Å². The summed E-state index contributed by atoms with van der Waals surface area (Å²) in [4.78, 5) is 16.5. The number of methoxy groups -OCH3 is 1. The number of rotatable bonds is 4. The summed E-state index contributed by atoms with van der Waals surface area (Å²) in [5.41, 5.74) is 2.48. The highest BCUT2D eigenvalue weighted by molar-refractivity contribution is 5.93. The van der Waals surface area contributed by atoms with Crippen molar-refractivity contribution in [2.75, 3.05) is 7.11 Å². The van der Waals surface area contributed by atoms with E-state index in [1.54, 1.807) is 30.3 Å². The Hall–Kier alpha value is -3.16. The zero-order valence-electron chi connectivity index (χ0n) is 14.9. The normalized spacial score (nSPS) is 17.1. The second-order valence-corrected chi connectivity index (χ2v) is 6.94. The monoisotopic (exact) mass is 386 g/mol. The van der Waals surface area contributed by atoms with E-state index in [-0.39, 0.29) is 11.5 Å². The number of carbonyl (C=O) groups excluding carboxylic acids is 1. The van der Waals surface area contributed by atoms with Gasteiger partial charge in [-0.05, 0) is 37.1 Å². The number of para-hydroxylation sites is 1. The Kier molecular flexibility index (Phi) is 3.59. The number of fused-ring (bicyclic) bond motifs is 2. The number of ether oxygens (including phenoxy) is 3. The molecule has 6 nitrogen and oxygen atoms in total. The van der Waals surface area contributed by atoms with E-state index in [1.807, 2.05) is 4.57 Å². The third-order valence-corrected chi connectivity index (χ3v) is 4.98. The number of hydrogen-bond donors (Lipinski definition) is 0. The third-order valence-electron chi connectivity index (χ3n) is 4.98. The van der Waals surface area contributed by atoms with E-state index in [9.17, 15) is 13.6 Å². The minimum atomic E-state index is -3.66. The molecule has 5 rings (SSSR count). The van der Waals surface area contributed by atoms with Crippen LogP contribution in [0.15, 0.2) is 36.4 Å². The number of nitrogens with zero attached hydrogens (tertiary/aromatic N) is 2.